The second-order valence-corrected chi connectivity index (χ2v) is 5.77. The van der Waals surface area contributed by atoms with Crippen LogP contribution in [0.15, 0.2) is 18.2 Å². The van der Waals surface area contributed by atoms with Crippen molar-refractivity contribution in [3.63, 3.8) is 0 Å². The van der Waals surface area contributed by atoms with E-state index in [9.17, 15) is 0 Å². The van der Waals surface area contributed by atoms with Gasteiger partial charge in [-0.3, -0.25) is 0 Å². The summed E-state index contributed by atoms with van der Waals surface area (Å²) in [7, 11) is 0. The van der Waals surface area contributed by atoms with Crippen LogP contribution >= 0.6 is 0 Å². The predicted octanol–water partition coefficient (Wildman–Crippen LogP) is 3.19. The van der Waals surface area contributed by atoms with Crippen LogP contribution in [0.2, 0.25) is 0 Å². The van der Waals surface area contributed by atoms with Gasteiger partial charge in [-0.05, 0) is 49.4 Å². The summed E-state index contributed by atoms with van der Waals surface area (Å²) in [6.45, 7) is 4.92. The zero-order valence-corrected chi connectivity index (χ0v) is 11.9. The van der Waals surface area contributed by atoms with Crippen LogP contribution in [-0.2, 0) is 0 Å². The van der Waals surface area contributed by atoms with E-state index in [1.165, 1.54) is 19.3 Å². The summed E-state index contributed by atoms with van der Waals surface area (Å²) in [4.78, 5) is 0. The number of hydrogen-bond acceptors (Lipinski definition) is 3. The third kappa shape index (κ3) is 2.74. The largest absolute Gasteiger partial charge is 0.378 e. The topological polar surface area (TPSA) is 61.8 Å². The maximum absolute atomic E-state index is 8.98. The molecule has 19 heavy (non-hydrogen) atoms. The Morgan fingerprint density at radius 2 is 2.26 bits per heavy atom. The van der Waals surface area contributed by atoms with Gasteiger partial charge in [0.15, 0.2) is 0 Å². The van der Waals surface area contributed by atoms with Gasteiger partial charge >= 0.3 is 0 Å². The Labute approximate surface area is 115 Å². The van der Waals surface area contributed by atoms with Crippen LogP contribution in [0.5, 0.6) is 0 Å². The van der Waals surface area contributed by atoms with Crippen LogP contribution in [-0.4, -0.2) is 12.1 Å². The molecule has 2 rings (SSSR count). The summed E-state index contributed by atoms with van der Waals surface area (Å²) in [6, 6.07) is 8.13. The highest BCUT2D eigenvalue weighted by atomic mass is 15.0. The Kier molecular flexibility index (Phi) is 4.11. The molecule has 0 heterocycles. The Hall–Kier alpha value is -1.53. The zero-order chi connectivity index (χ0) is 13.9. The van der Waals surface area contributed by atoms with Gasteiger partial charge in [0.25, 0.3) is 0 Å². The van der Waals surface area contributed by atoms with E-state index in [1.807, 2.05) is 19.1 Å². The van der Waals surface area contributed by atoms with Gasteiger partial charge in [0.05, 0.1) is 17.2 Å². The molecular weight excluding hydrogens is 234 g/mol. The van der Waals surface area contributed by atoms with Crippen LogP contribution in [0.3, 0.4) is 0 Å². The molecule has 1 saturated carbocycles. The number of anilines is 1. The minimum atomic E-state index is 0.0127. The molecule has 3 heteroatoms. The second-order valence-electron chi connectivity index (χ2n) is 5.77. The van der Waals surface area contributed by atoms with E-state index < -0.39 is 0 Å². The lowest BCUT2D eigenvalue weighted by atomic mass is 9.73. The number of nitrogens with two attached hydrogens (primary N) is 1. The number of rotatable bonds is 3. The molecule has 0 bridgehead atoms. The molecule has 0 saturated heterocycles. The number of nitriles is 1. The van der Waals surface area contributed by atoms with Crippen LogP contribution in [0.25, 0.3) is 0 Å². The standard InChI is InChI=1S/C16H23N3/c1-12-9-15(7-6-14(12)10-17)19-16(11-18)8-4-3-5-13(16)2/h6-7,9,13,19H,3-5,8,11,18H2,1-2H3. The fourth-order valence-electron chi connectivity index (χ4n) is 3.11. The van der Waals surface area contributed by atoms with Gasteiger partial charge < -0.3 is 11.1 Å². The maximum Gasteiger partial charge on any atom is 0.0994 e. The predicted molar refractivity (Wildman–Crippen MR) is 78.9 cm³/mol. The number of nitrogens with zero attached hydrogens (tertiary/aromatic N) is 1. The van der Waals surface area contributed by atoms with Gasteiger partial charge in [-0.25, -0.2) is 0 Å². The molecule has 0 amide bonds. The van der Waals surface area contributed by atoms with Gasteiger partial charge in [-0.1, -0.05) is 19.8 Å². The summed E-state index contributed by atoms with van der Waals surface area (Å²) in [6.07, 6.45) is 4.91. The molecule has 1 aliphatic carbocycles. The highest BCUT2D eigenvalue weighted by Crippen LogP contribution is 2.36. The van der Waals surface area contributed by atoms with E-state index in [2.05, 4.69) is 24.4 Å². The SMILES string of the molecule is Cc1cc(NC2(CN)CCCCC2C)ccc1C#N. The highest BCUT2D eigenvalue weighted by molar-refractivity contribution is 5.53. The molecule has 0 spiro atoms. The first-order valence-corrected chi connectivity index (χ1v) is 7.10. The van der Waals surface area contributed by atoms with Crippen molar-refractivity contribution in [1.29, 1.82) is 5.26 Å². The molecule has 2 atom stereocenters. The van der Waals surface area contributed by atoms with Crippen LogP contribution in [0.1, 0.15) is 43.7 Å². The second kappa shape index (κ2) is 5.63. The van der Waals surface area contributed by atoms with Crippen molar-refractivity contribution in [2.24, 2.45) is 11.7 Å². The maximum atomic E-state index is 8.98. The van der Waals surface area contributed by atoms with Gasteiger partial charge in [0, 0.05) is 12.2 Å². The average Bonchev–Trinajstić information content (AvgIpc) is 2.42. The van der Waals surface area contributed by atoms with E-state index in [0.29, 0.717) is 12.5 Å². The van der Waals surface area contributed by atoms with Crippen molar-refractivity contribution >= 4 is 5.69 Å². The van der Waals surface area contributed by atoms with Crippen molar-refractivity contribution in [2.75, 3.05) is 11.9 Å². The Bertz CT molecular complexity index is 489. The third-order valence-corrected chi connectivity index (χ3v) is 4.56. The highest BCUT2D eigenvalue weighted by Gasteiger charge is 2.36. The van der Waals surface area contributed by atoms with Crippen LogP contribution in [0.4, 0.5) is 5.69 Å². The van der Waals surface area contributed by atoms with Gasteiger partial charge in [0.2, 0.25) is 0 Å². The lowest BCUT2D eigenvalue weighted by molar-refractivity contribution is 0.235. The molecule has 1 aromatic carbocycles. The van der Waals surface area contributed by atoms with Crippen molar-refractivity contribution in [2.45, 2.75) is 45.1 Å². The Morgan fingerprint density at radius 1 is 1.47 bits per heavy atom. The number of hydrogen-bond donors (Lipinski definition) is 2. The summed E-state index contributed by atoms with van der Waals surface area (Å²) in [5.41, 5.74) is 8.90. The Morgan fingerprint density at radius 3 is 2.84 bits per heavy atom. The molecule has 2 unspecified atom stereocenters. The van der Waals surface area contributed by atoms with E-state index >= 15 is 0 Å². The lowest BCUT2D eigenvalue weighted by Gasteiger charge is -2.43. The first-order chi connectivity index (χ1) is 9.11. The van der Waals surface area contributed by atoms with Crippen LogP contribution < -0.4 is 11.1 Å². The van der Waals surface area contributed by atoms with Crippen molar-refractivity contribution in [1.82, 2.24) is 0 Å². The molecule has 1 fully saturated rings. The Balaban J connectivity index is 2.23. The number of benzene rings is 1. The summed E-state index contributed by atoms with van der Waals surface area (Å²) in [5, 5.41) is 12.6. The van der Waals surface area contributed by atoms with Crippen LogP contribution in [0, 0.1) is 24.2 Å². The molecule has 1 aromatic rings. The zero-order valence-electron chi connectivity index (χ0n) is 11.9. The summed E-state index contributed by atoms with van der Waals surface area (Å²) < 4.78 is 0. The molecular formula is C16H23N3. The monoisotopic (exact) mass is 257 g/mol. The van der Waals surface area contributed by atoms with E-state index in [0.717, 1.165) is 23.2 Å². The molecule has 0 aliphatic heterocycles. The third-order valence-electron chi connectivity index (χ3n) is 4.56. The molecule has 0 aromatic heterocycles. The van der Waals surface area contributed by atoms with Gasteiger partial charge in [-0.2, -0.15) is 5.26 Å². The number of aryl methyl sites for hydroxylation is 1. The van der Waals surface area contributed by atoms with Crippen molar-refractivity contribution < 1.29 is 0 Å². The van der Waals surface area contributed by atoms with E-state index in [-0.39, 0.29) is 5.54 Å². The first-order valence-electron chi connectivity index (χ1n) is 7.10. The smallest absolute Gasteiger partial charge is 0.0994 e. The lowest BCUT2D eigenvalue weighted by Crippen LogP contribution is -2.52. The first kappa shape index (κ1) is 13.9. The average molecular weight is 257 g/mol. The fraction of sp³-hybridized carbons (Fsp3) is 0.562. The van der Waals surface area contributed by atoms with Crippen molar-refractivity contribution in [3.8, 4) is 6.07 Å². The molecule has 3 N–H and O–H groups in total. The van der Waals surface area contributed by atoms with E-state index in [1.54, 1.807) is 0 Å². The van der Waals surface area contributed by atoms with Crippen molar-refractivity contribution in [3.05, 3.63) is 29.3 Å². The quantitative estimate of drug-likeness (QED) is 0.874. The molecule has 102 valence electrons. The summed E-state index contributed by atoms with van der Waals surface area (Å²) >= 11 is 0. The minimum absolute atomic E-state index is 0.0127. The summed E-state index contributed by atoms with van der Waals surface area (Å²) in [5.74, 6) is 0.585. The normalized spacial score (nSPS) is 26.7. The molecule has 0 radical (unpaired) electrons. The fourth-order valence-corrected chi connectivity index (χ4v) is 3.11. The number of nitrogens with one attached hydrogen (secondary N) is 1. The minimum Gasteiger partial charge on any atom is -0.378 e. The molecule has 3 nitrogen and oxygen atoms in total. The van der Waals surface area contributed by atoms with E-state index in [4.69, 9.17) is 11.0 Å². The van der Waals surface area contributed by atoms with Gasteiger partial charge in [0.1, 0.15) is 0 Å². The van der Waals surface area contributed by atoms with Gasteiger partial charge in [-0.15, -0.1) is 0 Å². The molecule has 1 aliphatic rings.